The smallest absolute Gasteiger partial charge is 0.193 e. The largest absolute Gasteiger partial charge is 0.378 e. The van der Waals surface area contributed by atoms with Gasteiger partial charge in [-0.25, -0.2) is 0 Å². The molecule has 3 unspecified atom stereocenters. The summed E-state index contributed by atoms with van der Waals surface area (Å²) in [5.74, 6) is 1.65. The first kappa shape index (κ1) is 19.7. The van der Waals surface area contributed by atoms with Crippen molar-refractivity contribution in [1.82, 2.24) is 10.2 Å². The third-order valence-corrected chi connectivity index (χ3v) is 7.00. The summed E-state index contributed by atoms with van der Waals surface area (Å²) in [7, 11) is 1.91. The van der Waals surface area contributed by atoms with Crippen LogP contribution in [0.25, 0.3) is 0 Å². The van der Waals surface area contributed by atoms with Crippen molar-refractivity contribution >= 4 is 5.96 Å². The number of ether oxygens (including phenoxy) is 2. The number of hydrogen-bond acceptors (Lipinski definition) is 3. The van der Waals surface area contributed by atoms with Gasteiger partial charge in [-0.1, -0.05) is 36.8 Å². The van der Waals surface area contributed by atoms with Gasteiger partial charge in [-0.3, -0.25) is 4.99 Å². The van der Waals surface area contributed by atoms with Crippen LogP contribution >= 0.6 is 0 Å². The first-order valence-electron chi connectivity index (χ1n) is 11.0. The van der Waals surface area contributed by atoms with Crippen LogP contribution in [0.1, 0.15) is 44.6 Å². The van der Waals surface area contributed by atoms with E-state index in [1.165, 1.54) is 31.2 Å². The second-order valence-corrected chi connectivity index (χ2v) is 8.61. The summed E-state index contributed by atoms with van der Waals surface area (Å²) in [6.07, 6.45) is 6.66. The monoisotopic (exact) mass is 385 g/mol. The van der Waals surface area contributed by atoms with Crippen LogP contribution in [0.5, 0.6) is 0 Å². The Morgan fingerprint density at radius 3 is 2.79 bits per heavy atom. The van der Waals surface area contributed by atoms with Crippen LogP contribution in [0.15, 0.2) is 35.3 Å². The van der Waals surface area contributed by atoms with E-state index in [-0.39, 0.29) is 0 Å². The van der Waals surface area contributed by atoms with Gasteiger partial charge in [-0.2, -0.15) is 0 Å². The molecular weight excluding hydrogens is 350 g/mol. The zero-order chi connectivity index (χ0) is 19.4. The topological polar surface area (TPSA) is 46.1 Å². The molecule has 1 spiro atoms. The fraction of sp³-hybridized carbons (Fsp3) is 0.696. The molecule has 0 radical (unpaired) electrons. The fourth-order valence-electron chi connectivity index (χ4n) is 5.17. The minimum atomic E-state index is 0.365. The molecule has 4 rings (SSSR count). The molecule has 154 valence electrons. The molecule has 0 aromatic heterocycles. The predicted molar refractivity (Wildman–Crippen MR) is 112 cm³/mol. The first-order valence-corrected chi connectivity index (χ1v) is 11.0. The Kier molecular flexibility index (Phi) is 6.22. The summed E-state index contributed by atoms with van der Waals surface area (Å²) in [5.41, 5.74) is 1.61. The van der Waals surface area contributed by atoms with Crippen molar-refractivity contribution < 1.29 is 9.47 Å². The normalized spacial score (nSPS) is 28.9. The van der Waals surface area contributed by atoms with Crippen molar-refractivity contribution in [3.05, 3.63) is 35.9 Å². The summed E-state index contributed by atoms with van der Waals surface area (Å²) < 4.78 is 12.0. The summed E-state index contributed by atoms with van der Waals surface area (Å²) in [6.45, 7) is 6.55. The van der Waals surface area contributed by atoms with Crippen LogP contribution in [-0.2, 0) is 16.1 Å². The molecule has 0 amide bonds. The van der Waals surface area contributed by atoms with E-state index in [0.717, 1.165) is 38.7 Å². The van der Waals surface area contributed by atoms with Crippen molar-refractivity contribution in [3.63, 3.8) is 0 Å². The van der Waals surface area contributed by atoms with E-state index in [0.29, 0.717) is 30.1 Å². The van der Waals surface area contributed by atoms with Gasteiger partial charge in [0.15, 0.2) is 5.96 Å². The lowest BCUT2D eigenvalue weighted by molar-refractivity contribution is -0.168. The van der Waals surface area contributed by atoms with Gasteiger partial charge in [-0.15, -0.1) is 0 Å². The highest BCUT2D eigenvalue weighted by Gasteiger charge is 2.59. The van der Waals surface area contributed by atoms with Crippen molar-refractivity contribution in [1.29, 1.82) is 0 Å². The Labute approximate surface area is 169 Å². The van der Waals surface area contributed by atoms with E-state index in [9.17, 15) is 0 Å². The average molecular weight is 386 g/mol. The first-order chi connectivity index (χ1) is 13.7. The molecule has 5 heteroatoms. The number of nitrogens with one attached hydrogen (secondary N) is 1. The summed E-state index contributed by atoms with van der Waals surface area (Å²) in [4.78, 5) is 7.01. The minimum absolute atomic E-state index is 0.365. The summed E-state index contributed by atoms with van der Waals surface area (Å²) in [5, 5.41) is 3.78. The van der Waals surface area contributed by atoms with Crippen LogP contribution in [0, 0.1) is 11.3 Å². The quantitative estimate of drug-likeness (QED) is 0.577. The van der Waals surface area contributed by atoms with E-state index in [2.05, 4.69) is 46.4 Å². The van der Waals surface area contributed by atoms with Crippen LogP contribution in [0.4, 0.5) is 0 Å². The Balaban J connectivity index is 1.24. The number of likely N-dealkylation sites (tertiary alicyclic amines) is 1. The summed E-state index contributed by atoms with van der Waals surface area (Å²) >= 11 is 0. The third-order valence-electron chi connectivity index (χ3n) is 7.00. The van der Waals surface area contributed by atoms with Crippen molar-refractivity contribution in [2.75, 3.05) is 33.4 Å². The number of rotatable bonds is 7. The van der Waals surface area contributed by atoms with E-state index in [4.69, 9.17) is 9.47 Å². The van der Waals surface area contributed by atoms with E-state index in [1.807, 2.05) is 13.1 Å². The van der Waals surface area contributed by atoms with E-state index >= 15 is 0 Å². The second kappa shape index (κ2) is 8.83. The molecule has 5 nitrogen and oxygen atoms in total. The van der Waals surface area contributed by atoms with Gasteiger partial charge in [0.2, 0.25) is 0 Å². The average Bonchev–Trinajstić information content (AvgIpc) is 3.12. The van der Waals surface area contributed by atoms with Gasteiger partial charge >= 0.3 is 0 Å². The molecule has 0 bridgehead atoms. The number of guanidine groups is 1. The maximum Gasteiger partial charge on any atom is 0.193 e. The van der Waals surface area contributed by atoms with Gasteiger partial charge in [0.25, 0.3) is 0 Å². The molecule has 1 saturated heterocycles. The van der Waals surface area contributed by atoms with Gasteiger partial charge in [0.1, 0.15) is 0 Å². The van der Waals surface area contributed by atoms with Crippen molar-refractivity contribution in [2.24, 2.45) is 16.3 Å². The lowest BCUT2D eigenvalue weighted by atomic mass is 9.51. The molecule has 3 fully saturated rings. The van der Waals surface area contributed by atoms with Crippen molar-refractivity contribution in [3.8, 4) is 0 Å². The van der Waals surface area contributed by atoms with Crippen LogP contribution in [0.2, 0.25) is 0 Å². The molecule has 1 aliphatic heterocycles. The Morgan fingerprint density at radius 2 is 2.11 bits per heavy atom. The fourth-order valence-corrected chi connectivity index (χ4v) is 5.17. The van der Waals surface area contributed by atoms with Crippen LogP contribution in [0.3, 0.4) is 0 Å². The Hall–Kier alpha value is -1.59. The highest BCUT2D eigenvalue weighted by atomic mass is 16.5. The van der Waals surface area contributed by atoms with E-state index in [1.54, 1.807) is 0 Å². The van der Waals surface area contributed by atoms with E-state index < -0.39 is 0 Å². The maximum absolute atomic E-state index is 5.99. The molecule has 2 aliphatic carbocycles. The lowest BCUT2D eigenvalue weighted by Gasteiger charge is -2.61. The van der Waals surface area contributed by atoms with Crippen LogP contribution < -0.4 is 5.32 Å². The standard InChI is InChI=1S/C23H35N3O2/c1-3-28-21-14-20(23(21)11-7-12-23)25-22(24-2)26-13-10-19(15-26)17-27-16-18-8-5-4-6-9-18/h4-6,8-9,19-21H,3,7,10-17H2,1-2H3,(H,24,25). The highest BCUT2D eigenvalue weighted by Crippen LogP contribution is 2.57. The third kappa shape index (κ3) is 3.92. The summed E-state index contributed by atoms with van der Waals surface area (Å²) in [6, 6.07) is 10.9. The highest BCUT2D eigenvalue weighted by molar-refractivity contribution is 5.80. The molecule has 1 aromatic carbocycles. The number of nitrogens with zero attached hydrogens (tertiary/aromatic N) is 2. The maximum atomic E-state index is 5.99. The van der Waals surface area contributed by atoms with Gasteiger partial charge < -0.3 is 19.7 Å². The molecule has 2 saturated carbocycles. The van der Waals surface area contributed by atoms with Gasteiger partial charge in [0, 0.05) is 44.1 Å². The molecule has 1 heterocycles. The zero-order valence-corrected chi connectivity index (χ0v) is 17.4. The Bertz CT molecular complexity index is 659. The number of benzene rings is 1. The molecule has 1 aromatic rings. The lowest BCUT2D eigenvalue weighted by Crippen LogP contribution is -2.68. The predicted octanol–water partition coefficient (Wildman–Crippen LogP) is 3.45. The van der Waals surface area contributed by atoms with Crippen LogP contribution in [-0.4, -0.2) is 56.4 Å². The second-order valence-electron chi connectivity index (χ2n) is 8.61. The molecule has 3 aliphatic rings. The molecule has 3 atom stereocenters. The SMILES string of the molecule is CCOC1CC(NC(=NC)N2CCC(COCc3ccccc3)C2)C12CCC2. The molecule has 1 N–H and O–H groups in total. The number of hydrogen-bond donors (Lipinski definition) is 1. The van der Waals surface area contributed by atoms with Gasteiger partial charge in [0.05, 0.1) is 19.3 Å². The van der Waals surface area contributed by atoms with Gasteiger partial charge in [-0.05, 0) is 38.2 Å². The number of aliphatic imine (C=N–C) groups is 1. The molecular formula is C23H35N3O2. The molecule has 28 heavy (non-hydrogen) atoms. The Morgan fingerprint density at radius 1 is 1.29 bits per heavy atom. The van der Waals surface area contributed by atoms with Crippen molar-refractivity contribution in [2.45, 2.75) is 57.8 Å². The zero-order valence-electron chi connectivity index (χ0n) is 17.4. The minimum Gasteiger partial charge on any atom is -0.378 e.